The lowest BCUT2D eigenvalue weighted by molar-refractivity contribution is 0.438. The zero-order valence-corrected chi connectivity index (χ0v) is 16.2. The van der Waals surface area contributed by atoms with Gasteiger partial charge in [0.05, 0.1) is 16.8 Å². The highest BCUT2D eigenvalue weighted by molar-refractivity contribution is 6.31. The van der Waals surface area contributed by atoms with E-state index in [9.17, 15) is 0 Å². The Morgan fingerprint density at radius 1 is 0.929 bits per heavy atom. The van der Waals surface area contributed by atoms with Gasteiger partial charge in [-0.25, -0.2) is 5.10 Å². The van der Waals surface area contributed by atoms with E-state index in [1.807, 2.05) is 24.3 Å². The number of fused-ring (bicyclic) bond motifs is 1. The number of hydrogen-bond donors (Lipinski definition) is 1. The van der Waals surface area contributed by atoms with Gasteiger partial charge in [0.2, 0.25) is 0 Å². The van der Waals surface area contributed by atoms with Crippen LogP contribution in [0.2, 0.25) is 5.02 Å². The summed E-state index contributed by atoms with van der Waals surface area (Å²) < 4.78 is 0. The second-order valence-electron chi connectivity index (χ2n) is 7.36. The van der Waals surface area contributed by atoms with Crippen LogP contribution in [0, 0.1) is 0 Å². The molecule has 0 aliphatic heterocycles. The Morgan fingerprint density at radius 3 is 2.50 bits per heavy atom. The summed E-state index contributed by atoms with van der Waals surface area (Å²) >= 11 is 6.37. The molecular formula is C22H20ClN5. The lowest BCUT2D eigenvalue weighted by Gasteiger charge is -2.25. The van der Waals surface area contributed by atoms with Crippen LogP contribution in [0.4, 0.5) is 0 Å². The molecule has 1 N–H and O–H groups in total. The van der Waals surface area contributed by atoms with Crippen molar-refractivity contribution < 1.29 is 0 Å². The second-order valence-corrected chi connectivity index (χ2v) is 7.80. The van der Waals surface area contributed by atoms with Crippen molar-refractivity contribution >= 4 is 22.5 Å². The van der Waals surface area contributed by atoms with Gasteiger partial charge in [0.15, 0.2) is 5.82 Å². The van der Waals surface area contributed by atoms with Crippen molar-refractivity contribution in [3.05, 3.63) is 59.2 Å². The van der Waals surface area contributed by atoms with Gasteiger partial charge < -0.3 is 0 Å². The first kappa shape index (κ1) is 17.3. The van der Waals surface area contributed by atoms with Crippen LogP contribution < -0.4 is 0 Å². The topological polar surface area (TPSA) is 67.3 Å². The smallest absolute Gasteiger partial charge is 0.181 e. The molecule has 0 bridgehead atoms. The average molecular weight is 390 g/mol. The number of tetrazole rings is 1. The van der Waals surface area contributed by atoms with E-state index in [-0.39, 0.29) is 0 Å². The quantitative estimate of drug-likeness (QED) is 0.482. The summed E-state index contributed by atoms with van der Waals surface area (Å²) in [6.07, 6.45) is 6.06. The molecule has 2 aromatic heterocycles. The van der Waals surface area contributed by atoms with E-state index in [2.05, 4.69) is 44.9 Å². The third-order valence-corrected chi connectivity index (χ3v) is 5.85. The van der Waals surface area contributed by atoms with Gasteiger partial charge in [-0.2, -0.15) is 0 Å². The maximum absolute atomic E-state index is 6.37. The van der Waals surface area contributed by atoms with Gasteiger partial charge >= 0.3 is 0 Å². The fraction of sp³-hybridized carbons (Fsp3) is 0.273. The summed E-state index contributed by atoms with van der Waals surface area (Å²) in [5, 5.41) is 16.6. The Labute approximate surface area is 168 Å². The van der Waals surface area contributed by atoms with Crippen molar-refractivity contribution in [1.82, 2.24) is 25.6 Å². The van der Waals surface area contributed by atoms with Gasteiger partial charge in [0.25, 0.3) is 0 Å². The maximum atomic E-state index is 6.37. The second kappa shape index (κ2) is 7.32. The Morgan fingerprint density at radius 2 is 1.75 bits per heavy atom. The number of aromatic nitrogens is 5. The SMILES string of the molecule is Clc1ccc2nc(C3CCCCC3)c(-c3nnn[nH]3)c(-c3ccccc3)c2c1. The number of aromatic amines is 1. The van der Waals surface area contributed by atoms with Crippen molar-refractivity contribution in [2.75, 3.05) is 0 Å². The molecule has 2 aromatic carbocycles. The van der Waals surface area contributed by atoms with E-state index in [1.54, 1.807) is 0 Å². The standard InChI is InChI=1S/C22H20ClN5/c23-16-11-12-18-17(13-16)19(14-7-3-1-4-8-14)20(22-25-27-28-26-22)21(24-18)15-9-5-2-6-10-15/h1,3-4,7-8,11-13,15H,2,5-6,9-10H2,(H,25,26,27,28). The van der Waals surface area contributed by atoms with E-state index in [0.29, 0.717) is 16.8 Å². The summed E-state index contributed by atoms with van der Waals surface area (Å²) in [4.78, 5) is 5.11. The molecule has 5 rings (SSSR count). The molecule has 0 spiro atoms. The molecular weight excluding hydrogens is 370 g/mol. The average Bonchev–Trinajstić information content (AvgIpc) is 3.28. The Balaban J connectivity index is 1.89. The van der Waals surface area contributed by atoms with Crippen LogP contribution in [-0.2, 0) is 0 Å². The van der Waals surface area contributed by atoms with Crippen LogP contribution in [0.1, 0.15) is 43.7 Å². The third-order valence-electron chi connectivity index (χ3n) is 5.61. The van der Waals surface area contributed by atoms with E-state index >= 15 is 0 Å². The molecule has 5 nitrogen and oxygen atoms in total. The molecule has 0 atom stereocenters. The van der Waals surface area contributed by atoms with Gasteiger partial charge in [0, 0.05) is 21.9 Å². The minimum absolute atomic E-state index is 0.413. The van der Waals surface area contributed by atoms with E-state index in [0.717, 1.165) is 46.1 Å². The Hall–Kier alpha value is -2.79. The summed E-state index contributed by atoms with van der Waals surface area (Å²) in [6.45, 7) is 0. The molecule has 4 aromatic rings. The van der Waals surface area contributed by atoms with Gasteiger partial charge in [-0.15, -0.1) is 5.10 Å². The van der Waals surface area contributed by atoms with Crippen molar-refractivity contribution in [2.24, 2.45) is 0 Å². The molecule has 1 aliphatic carbocycles. The lowest BCUT2D eigenvalue weighted by Crippen LogP contribution is -2.10. The monoisotopic (exact) mass is 389 g/mol. The highest BCUT2D eigenvalue weighted by Gasteiger charge is 2.27. The van der Waals surface area contributed by atoms with Crippen LogP contribution in [0.25, 0.3) is 33.4 Å². The molecule has 28 heavy (non-hydrogen) atoms. The van der Waals surface area contributed by atoms with Crippen molar-refractivity contribution in [1.29, 1.82) is 0 Å². The molecule has 2 heterocycles. The molecule has 6 heteroatoms. The molecule has 140 valence electrons. The zero-order chi connectivity index (χ0) is 18.9. The molecule has 1 fully saturated rings. The van der Waals surface area contributed by atoms with Crippen LogP contribution in [0.15, 0.2) is 48.5 Å². The Bertz CT molecular complexity index is 1100. The summed E-state index contributed by atoms with van der Waals surface area (Å²) in [5.74, 6) is 1.07. The number of nitrogens with one attached hydrogen (secondary N) is 1. The first-order valence-corrected chi connectivity index (χ1v) is 10.1. The normalized spacial score (nSPS) is 15.2. The Kier molecular flexibility index (Phi) is 4.53. The number of nitrogens with zero attached hydrogens (tertiary/aromatic N) is 4. The fourth-order valence-corrected chi connectivity index (χ4v) is 4.51. The minimum Gasteiger partial charge on any atom is -0.252 e. The maximum Gasteiger partial charge on any atom is 0.181 e. The zero-order valence-electron chi connectivity index (χ0n) is 15.4. The number of pyridine rings is 1. The van der Waals surface area contributed by atoms with Crippen molar-refractivity contribution in [2.45, 2.75) is 38.0 Å². The molecule has 0 unspecified atom stereocenters. The highest BCUT2D eigenvalue weighted by Crippen LogP contribution is 2.44. The predicted molar refractivity (Wildman–Crippen MR) is 111 cm³/mol. The van der Waals surface area contributed by atoms with Crippen molar-refractivity contribution in [3.63, 3.8) is 0 Å². The molecule has 0 saturated heterocycles. The summed E-state index contributed by atoms with van der Waals surface area (Å²) in [5.41, 5.74) is 5.25. The number of H-pyrrole nitrogens is 1. The number of hydrogen-bond acceptors (Lipinski definition) is 4. The highest BCUT2D eigenvalue weighted by atomic mass is 35.5. The molecule has 0 amide bonds. The van der Waals surface area contributed by atoms with E-state index in [4.69, 9.17) is 16.6 Å². The first-order chi connectivity index (χ1) is 13.8. The van der Waals surface area contributed by atoms with Gasteiger partial charge in [-0.1, -0.05) is 61.2 Å². The third kappa shape index (κ3) is 3.06. The largest absolute Gasteiger partial charge is 0.252 e. The molecule has 0 radical (unpaired) electrons. The van der Waals surface area contributed by atoms with Gasteiger partial charge in [0.1, 0.15) is 0 Å². The number of rotatable bonds is 3. The molecule has 1 saturated carbocycles. The predicted octanol–water partition coefficient (Wildman–Crippen LogP) is 5.78. The van der Waals surface area contributed by atoms with Gasteiger partial charge in [-0.05, 0) is 47.0 Å². The molecule has 1 aliphatic rings. The van der Waals surface area contributed by atoms with Crippen LogP contribution in [0.3, 0.4) is 0 Å². The van der Waals surface area contributed by atoms with E-state index < -0.39 is 0 Å². The van der Waals surface area contributed by atoms with Crippen LogP contribution in [0.5, 0.6) is 0 Å². The van der Waals surface area contributed by atoms with Crippen LogP contribution >= 0.6 is 11.6 Å². The minimum atomic E-state index is 0.413. The van der Waals surface area contributed by atoms with E-state index in [1.165, 1.54) is 19.3 Å². The number of benzene rings is 2. The number of halogens is 1. The fourth-order valence-electron chi connectivity index (χ4n) is 4.34. The van der Waals surface area contributed by atoms with Gasteiger partial charge in [-0.3, -0.25) is 4.98 Å². The lowest BCUT2D eigenvalue weighted by atomic mass is 9.82. The first-order valence-electron chi connectivity index (χ1n) is 9.74. The van der Waals surface area contributed by atoms with Crippen molar-refractivity contribution in [3.8, 4) is 22.5 Å². The van der Waals surface area contributed by atoms with Crippen LogP contribution in [-0.4, -0.2) is 25.6 Å². The summed E-state index contributed by atoms with van der Waals surface area (Å²) in [7, 11) is 0. The summed E-state index contributed by atoms with van der Waals surface area (Å²) in [6, 6.07) is 16.3.